The number of carboxylic acid groups (broad SMARTS) is 2. The lowest BCUT2D eigenvalue weighted by Gasteiger charge is -2.36. The van der Waals surface area contributed by atoms with E-state index in [1.165, 1.54) is 47.2 Å². The van der Waals surface area contributed by atoms with Crippen molar-refractivity contribution in [1.29, 1.82) is 0 Å². The number of rotatable bonds is 28. The summed E-state index contributed by atoms with van der Waals surface area (Å²) in [5.74, 6) is 7.22. The van der Waals surface area contributed by atoms with Crippen LogP contribution in [0.2, 0.25) is 0 Å². The van der Waals surface area contributed by atoms with Crippen molar-refractivity contribution in [3.05, 3.63) is 265 Å². The Labute approximate surface area is 704 Å². The van der Waals surface area contributed by atoms with Crippen molar-refractivity contribution in [1.82, 2.24) is 0 Å². The Kier molecular flexibility index (Phi) is 34.5. The van der Waals surface area contributed by atoms with Gasteiger partial charge in [-0.2, -0.15) is 0 Å². The van der Waals surface area contributed by atoms with E-state index < -0.39 is 35.7 Å². The molecule has 5 aromatic rings. The monoisotopic (exact) mass is 1610 g/mol. The second-order valence-electron chi connectivity index (χ2n) is 36.5. The molecule has 16 rings (SSSR count). The number of hydrogen-bond donors (Lipinski definition) is 4. The topological polar surface area (TPSA) is 225 Å². The molecule has 6 fully saturated rings. The van der Waals surface area contributed by atoms with Crippen molar-refractivity contribution >= 4 is 23.9 Å². The average Bonchev–Trinajstić information content (AvgIpc) is 1.70. The molecule has 15 heteroatoms. The van der Waals surface area contributed by atoms with Crippen LogP contribution < -0.4 is 11.5 Å². The molecule has 11 aliphatic rings. The number of hydrogen-bond acceptors (Lipinski definition) is 13. The van der Waals surface area contributed by atoms with Crippen LogP contribution in [0.1, 0.15) is 136 Å². The van der Waals surface area contributed by atoms with E-state index in [-0.39, 0.29) is 42.0 Å². The van der Waals surface area contributed by atoms with Crippen LogP contribution >= 0.6 is 0 Å². The van der Waals surface area contributed by atoms with Gasteiger partial charge in [0.05, 0.1) is 77.9 Å². The van der Waals surface area contributed by atoms with Crippen LogP contribution in [0.3, 0.4) is 0 Å². The van der Waals surface area contributed by atoms with Crippen molar-refractivity contribution in [3.8, 4) is 0 Å². The summed E-state index contributed by atoms with van der Waals surface area (Å²) in [5, 5.41) is 18.7. The van der Waals surface area contributed by atoms with E-state index in [4.69, 9.17) is 44.6 Å². The predicted molar refractivity (Wildman–Crippen MR) is 467 cm³/mol. The number of carbonyl (C=O) groups is 4. The molecule has 8 unspecified atom stereocenters. The normalized spacial score (nSPS) is 33.0. The van der Waals surface area contributed by atoms with Gasteiger partial charge in [-0.3, -0.25) is 9.59 Å². The number of benzene rings is 5. The van der Waals surface area contributed by atoms with Gasteiger partial charge in [0.2, 0.25) is 0 Å². The molecule has 636 valence electrons. The van der Waals surface area contributed by atoms with E-state index in [2.05, 4.69) is 203 Å². The molecule has 0 spiro atoms. The molecular weight excluding hydrogens is 1470 g/mol. The first-order valence-corrected chi connectivity index (χ1v) is 44.3. The van der Waals surface area contributed by atoms with Gasteiger partial charge in [-0.1, -0.05) is 307 Å². The summed E-state index contributed by atoms with van der Waals surface area (Å²) in [6.07, 6.45) is 35.0. The summed E-state index contributed by atoms with van der Waals surface area (Å²) >= 11 is 0. The second kappa shape index (κ2) is 45.0. The molecular formula is C103H136N2O13. The minimum absolute atomic E-state index is 0.0542. The molecule has 11 aliphatic carbocycles. The number of fused-ring (bicyclic) bond motifs is 8. The summed E-state index contributed by atoms with van der Waals surface area (Å²) in [7, 11) is 0. The van der Waals surface area contributed by atoms with Crippen molar-refractivity contribution in [2.75, 3.05) is 33.0 Å². The van der Waals surface area contributed by atoms with E-state index in [1.807, 2.05) is 91.0 Å². The first-order chi connectivity index (χ1) is 57.0. The Morgan fingerprint density at radius 1 is 0.356 bits per heavy atom. The quantitative estimate of drug-likeness (QED) is 0.0208. The maximum Gasteiger partial charge on any atom is 0.331 e. The molecule has 118 heavy (non-hydrogen) atoms. The minimum Gasteiger partial charge on any atom is -0.481 e. The Balaban J connectivity index is 0.000000140. The molecule has 0 radical (unpaired) electrons. The number of carboxylic acids is 2. The fourth-order valence-electron chi connectivity index (χ4n) is 21.0. The molecule has 6 saturated carbocycles. The number of allylic oxidation sites excluding steroid dienone is 8. The van der Waals surface area contributed by atoms with Crippen molar-refractivity contribution in [2.45, 2.75) is 165 Å². The van der Waals surface area contributed by atoms with Gasteiger partial charge in [0.1, 0.15) is 12.2 Å². The van der Waals surface area contributed by atoms with Crippen molar-refractivity contribution in [3.63, 3.8) is 0 Å². The van der Waals surface area contributed by atoms with Gasteiger partial charge >= 0.3 is 23.9 Å². The van der Waals surface area contributed by atoms with Gasteiger partial charge in [0.15, 0.2) is 0 Å². The molecule has 0 amide bonds. The van der Waals surface area contributed by atoms with Gasteiger partial charge < -0.3 is 54.8 Å². The van der Waals surface area contributed by atoms with Crippen LogP contribution in [0.4, 0.5) is 0 Å². The maximum absolute atomic E-state index is 12.3. The third kappa shape index (κ3) is 24.6. The summed E-state index contributed by atoms with van der Waals surface area (Å²) in [4.78, 5) is 47.4. The second-order valence-corrected chi connectivity index (χ2v) is 36.5. The standard InChI is InChI=1S/C24H40O4.C17H18O5.2C17H22O.C15H20N2O.C13H14O/c1-15(2)19-9-7-17(5)13-21(19)27-23(25)11-12-24(26)28-22-14-18(6)8-10-20(22)16(3)4;18-16(19)14-11-6-7-12(15(14)17(20)21)13(11)9-22-8-10-4-2-1-3-5-10;2*1-12-13(2)16-9-8-15(12)17(16)11-18-10-14-6-4-3-5-7-14;16-14-11-6-7-12(15(14)17)13(11)9-18-8-10-4-2-1-3-5-10;1-2-6-12(7-3-1)10-14-11-13-8-4-5-9-13/h11-12,15-22H,7-10,13-14H2,1-6H3;1-7,11-15H,8-9H2,(H,18,19)(H,20,21);2*3-9,12-13,15-17H,10-11H2,1-2H3;1-7,11-15H,8-9,16-17H2;1-9,13H,10-11H2/b12-11+;;;;;/t17-,18+,19+,20-,21-,22+;11?,12?,13?,14-,15-;2*12-,13-,15?,16?,17?;11?,12?,13?,14-,15-;/m.1001./s1. The van der Waals surface area contributed by atoms with Crippen LogP contribution in [0.15, 0.2) is 237 Å². The highest BCUT2D eigenvalue weighted by atomic mass is 16.6. The number of carbonyl (C=O) groups excluding carboxylic acids is 2. The van der Waals surface area contributed by atoms with Gasteiger partial charge in [-0.05, 0) is 184 Å². The van der Waals surface area contributed by atoms with Crippen LogP contribution in [-0.2, 0) is 85.4 Å². The maximum atomic E-state index is 12.3. The molecule has 8 bridgehead atoms. The Morgan fingerprint density at radius 3 is 0.890 bits per heavy atom. The highest BCUT2D eigenvalue weighted by Crippen LogP contribution is 2.55. The summed E-state index contributed by atoms with van der Waals surface area (Å²) in [6.45, 7) is 29.8. The molecule has 6 N–H and O–H groups in total. The molecule has 5 aromatic carbocycles. The highest BCUT2D eigenvalue weighted by molar-refractivity contribution is 5.91. The zero-order chi connectivity index (χ0) is 83.8. The Bertz CT molecular complexity index is 3760. The van der Waals surface area contributed by atoms with Crippen molar-refractivity contribution in [2.24, 2.45) is 159 Å². The third-order valence-corrected chi connectivity index (χ3v) is 28.1. The fourth-order valence-corrected chi connectivity index (χ4v) is 21.0. The largest absolute Gasteiger partial charge is 0.481 e. The lowest BCUT2D eigenvalue weighted by Crippen LogP contribution is -2.43. The average molecular weight is 1610 g/mol. The predicted octanol–water partition coefficient (Wildman–Crippen LogP) is 19.6. The summed E-state index contributed by atoms with van der Waals surface area (Å²) in [5.41, 5.74) is 18.3. The lowest BCUT2D eigenvalue weighted by atomic mass is 9.75. The molecule has 0 heterocycles. The first-order valence-electron chi connectivity index (χ1n) is 44.3. The van der Waals surface area contributed by atoms with Crippen LogP contribution in [0.25, 0.3) is 0 Å². The number of esters is 2. The Hall–Kier alpha value is -8.12. The van der Waals surface area contributed by atoms with E-state index in [0.717, 1.165) is 130 Å². The first kappa shape index (κ1) is 90.6. The van der Waals surface area contributed by atoms with E-state index in [0.29, 0.717) is 85.6 Å². The third-order valence-electron chi connectivity index (χ3n) is 28.1. The fraction of sp³-hybridized carbons (Fsp3) is 0.534. The molecule has 15 nitrogen and oxygen atoms in total. The summed E-state index contributed by atoms with van der Waals surface area (Å²) < 4.78 is 40.5. The highest BCUT2D eigenvalue weighted by Gasteiger charge is 2.58. The minimum atomic E-state index is -1.03. The number of nitrogens with two attached hydrogens (primary N) is 2. The van der Waals surface area contributed by atoms with Gasteiger partial charge in [-0.25, -0.2) is 9.59 Å². The zero-order valence-corrected chi connectivity index (χ0v) is 71.6. The SMILES string of the molecule is C1=CC(COCc2ccccc2)C=C1.CC(C)[C@H]1CC[C@H](C)C[C@@H]1OC(=O)/C=C/C(=O)O[C@@H]1C[C@H](C)CC[C@H]1C(C)C.C[C@@H]1C2C=CC(C2COCc2ccccc2)[C@H]1C.C[C@@H]1C2C=CC(C2COCc2ccccc2)[C@H]1C.N[C@@H]1C2C=CC(C2COCc2ccccc2)[C@H]1N.O=C(O)[C@@H]1C2C=CC(C2COCc2ccccc2)[C@H]1C(=O)O. The van der Waals surface area contributed by atoms with E-state index in [1.54, 1.807) is 0 Å². The van der Waals surface area contributed by atoms with Gasteiger partial charge in [0, 0.05) is 30.2 Å². The lowest BCUT2D eigenvalue weighted by molar-refractivity contribution is -0.154. The van der Waals surface area contributed by atoms with E-state index in [9.17, 15) is 29.4 Å². The summed E-state index contributed by atoms with van der Waals surface area (Å²) in [6, 6.07) is 51.3. The van der Waals surface area contributed by atoms with E-state index >= 15 is 0 Å². The number of aliphatic carboxylic acids is 2. The van der Waals surface area contributed by atoms with Crippen LogP contribution in [-0.4, -0.2) is 91.4 Å². The molecule has 0 aliphatic heterocycles. The Morgan fingerprint density at radius 2 is 0.610 bits per heavy atom. The van der Waals surface area contributed by atoms with Gasteiger partial charge in [0.25, 0.3) is 0 Å². The zero-order valence-electron chi connectivity index (χ0n) is 71.6. The smallest absolute Gasteiger partial charge is 0.331 e. The van der Waals surface area contributed by atoms with Crippen molar-refractivity contribution < 1.29 is 62.5 Å². The van der Waals surface area contributed by atoms with Crippen LogP contribution in [0.5, 0.6) is 0 Å². The molecule has 22 atom stereocenters. The van der Waals surface area contributed by atoms with Crippen LogP contribution in [0, 0.1) is 148 Å². The number of ether oxygens (including phenoxy) is 7. The molecule has 0 aromatic heterocycles. The van der Waals surface area contributed by atoms with Gasteiger partial charge in [-0.15, -0.1) is 0 Å². The molecule has 0 saturated heterocycles.